The summed E-state index contributed by atoms with van der Waals surface area (Å²) in [5.41, 5.74) is 2.72. The predicted octanol–water partition coefficient (Wildman–Crippen LogP) is 3.43. The molecule has 78 valence electrons. The Kier molecular flexibility index (Phi) is 2.74. The van der Waals surface area contributed by atoms with Gasteiger partial charge in [0.2, 0.25) is 0 Å². The van der Waals surface area contributed by atoms with Gasteiger partial charge in [-0.05, 0) is 42.8 Å². The molecule has 0 spiro atoms. The van der Waals surface area contributed by atoms with Crippen LogP contribution >= 0.6 is 0 Å². The molecule has 2 rings (SSSR count). The number of benzene rings is 2. The van der Waals surface area contributed by atoms with Gasteiger partial charge in [0.25, 0.3) is 0 Å². The molecule has 0 amide bonds. The van der Waals surface area contributed by atoms with E-state index >= 15 is 0 Å². The maximum absolute atomic E-state index is 3.29. The summed E-state index contributed by atoms with van der Waals surface area (Å²) in [6, 6.07) is 13.4. The van der Waals surface area contributed by atoms with Crippen LogP contribution in [0, 0.1) is 6.92 Å². The van der Waals surface area contributed by atoms with E-state index in [1.165, 1.54) is 21.9 Å². The molecule has 0 aromatic heterocycles. The average molecular weight is 199 g/mol. The minimum atomic E-state index is 0.399. The van der Waals surface area contributed by atoms with Gasteiger partial charge in [0, 0.05) is 6.04 Å². The number of hydrogen-bond acceptors (Lipinski definition) is 1. The van der Waals surface area contributed by atoms with Gasteiger partial charge in [0.15, 0.2) is 0 Å². The van der Waals surface area contributed by atoms with E-state index < -0.39 is 0 Å². The van der Waals surface area contributed by atoms with Gasteiger partial charge in [0.05, 0.1) is 0 Å². The van der Waals surface area contributed by atoms with Gasteiger partial charge in [-0.2, -0.15) is 0 Å². The molecule has 0 aliphatic rings. The van der Waals surface area contributed by atoms with Crippen LogP contribution in [-0.4, -0.2) is 7.05 Å². The fourth-order valence-corrected chi connectivity index (χ4v) is 2.01. The number of rotatable bonds is 2. The topological polar surface area (TPSA) is 12.0 Å². The van der Waals surface area contributed by atoms with Crippen molar-refractivity contribution in [3.63, 3.8) is 0 Å². The Hall–Kier alpha value is -1.34. The molecular formula is C14H17N. The molecule has 0 fully saturated rings. The molecule has 2 aromatic rings. The van der Waals surface area contributed by atoms with Crippen molar-refractivity contribution in [3.05, 3.63) is 47.5 Å². The second-order valence-electron chi connectivity index (χ2n) is 4.03. The zero-order valence-electron chi connectivity index (χ0n) is 9.54. The van der Waals surface area contributed by atoms with Crippen LogP contribution in [-0.2, 0) is 0 Å². The molecule has 2 aromatic carbocycles. The molecule has 0 unspecified atom stereocenters. The maximum Gasteiger partial charge on any atom is 0.0295 e. The highest BCUT2D eigenvalue weighted by atomic mass is 14.9. The van der Waals surface area contributed by atoms with Crippen molar-refractivity contribution >= 4 is 10.8 Å². The first-order valence-corrected chi connectivity index (χ1v) is 5.39. The number of aryl methyl sites for hydroxylation is 1. The lowest BCUT2D eigenvalue weighted by Gasteiger charge is -2.14. The number of hydrogen-bond donors (Lipinski definition) is 1. The summed E-state index contributed by atoms with van der Waals surface area (Å²) in [5.74, 6) is 0. The van der Waals surface area contributed by atoms with E-state index in [9.17, 15) is 0 Å². The van der Waals surface area contributed by atoms with E-state index in [1.807, 2.05) is 7.05 Å². The highest BCUT2D eigenvalue weighted by molar-refractivity contribution is 5.88. The van der Waals surface area contributed by atoms with Gasteiger partial charge >= 0.3 is 0 Å². The first-order chi connectivity index (χ1) is 7.24. The van der Waals surface area contributed by atoms with Gasteiger partial charge in [-0.15, -0.1) is 0 Å². The zero-order valence-corrected chi connectivity index (χ0v) is 9.54. The summed E-state index contributed by atoms with van der Waals surface area (Å²) >= 11 is 0. The Morgan fingerprint density at radius 3 is 2.33 bits per heavy atom. The largest absolute Gasteiger partial charge is 0.313 e. The molecule has 0 bridgehead atoms. The van der Waals surface area contributed by atoms with Gasteiger partial charge in [-0.1, -0.05) is 36.4 Å². The second-order valence-corrected chi connectivity index (χ2v) is 4.03. The third-order valence-electron chi connectivity index (χ3n) is 3.08. The molecule has 0 radical (unpaired) electrons. The van der Waals surface area contributed by atoms with E-state index in [1.54, 1.807) is 0 Å². The summed E-state index contributed by atoms with van der Waals surface area (Å²) in [6.07, 6.45) is 0. The first kappa shape index (κ1) is 10.2. The van der Waals surface area contributed by atoms with E-state index in [-0.39, 0.29) is 0 Å². The lowest BCUT2D eigenvalue weighted by Crippen LogP contribution is -2.12. The Balaban J connectivity index is 2.71. The van der Waals surface area contributed by atoms with Crippen LogP contribution in [0.5, 0.6) is 0 Å². The molecule has 0 aliphatic carbocycles. The van der Waals surface area contributed by atoms with Crippen LogP contribution in [0.15, 0.2) is 36.4 Å². The van der Waals surface area contributed by atoms with Crippen LogP contribution in [0.25, 0.3) is 10.8 Å². The van der Waals surface area contributed by atoms with Crippen molar-refractivity contribution in [1.82, 2.24) is 5.32 Å². The lowest BCUT2D eigenvalue weighted by atomic mass is 9.97. The molecular weight excluding hydrogens is 182 g/mol. The highest BCUT2D eigenvalue weighted by Crippen LogP contribution is 2.26. The van der Waals surface area contributed by atoms with Crippen LogP contribution < -0.4 is 5.32 Å². The van der Waals surface area contributed by atoms with Crippen molar-refractivity contribution in [3.8, 4) is 0 Å². The molecule has 1 atom stereocenters. The van der Waals surface area contributed by atoms with Crippen molar-refractivity contribution in [2.75, 3.05) is 7.05 Å². The van der Waals surface area contributed by atoms with E-state index in [0.29, 0.717) is 6.04 Å². The molecule has 1 N–H and O–H groups in total. The van der Waals surface area contributed by atoms with Crippen molar-refractivity contribution in [2.45, 2.75) is 19.9 Å². The van der Waals surface area contributed by atoms with Gasteiger partial charge in [-0.25, -0.2) is 0 Å². The Bertz CT molecular complexity index is 474. The molecule has 1 nitrogen and oxygen atoms in total. The SMILES string of the molecule is CN[C@@H](C)c1ccc(C)c2ccccc12. The highest BCUT2D eigenvalue weighted by Gasteiger charge is 2.07. The Morgan fingerprint density at radius 2 is 1.67 bits per heavy atom. The van der Waals surface area contributed by atoms with Crippen LogP contribution in [0.1, 0.15) is 24.1 Å². The van der Waals surface area contributed by atoms with Gasteiger partial charge < -0.3 is 5.32 Å². The van der Waals surface area contributed by atoms with E-state index in [4.69, 9.17) is 0 Å². The smallest absolute Gasteiger partial charge is 0.0295 e. The normalized spacial score (nSPS) is 13.0. The molecule has 0 aliphatic heterocycles. The van der Waals surface area contributed by atoms with Gasteiger partial charge in [-0.3, -0.25) is 0 Å². The summed E-state index contributed by atoms with van der Waals surface area (Å²) in [4.78, 5) is 0. The fourth-order valence-electron chi connectivity index (χ4n) is 2.01. The summed E-state index contributed by atoms with van der Waals surface area (Å²) < 4.78 is 0. The van der Waals surface area contributed by atoms with E-state index in [0.717, 1.165) is 0 Å². The fraction of sp³-hybridized carbons (Fsp3) is 0.286. The molecule has 0 saturated heterocycles. The first-order valence-electron chi connectivity index (χ1n) is 5.39. The maximum atomic E-state index is 3.29. The van der Waals surface area contributed by atoms with Crippen LogP contribution in [0.2, 0.25) is 0 Å². The summed E-state index contributed by atoms with van der Waals surface area (Å²) in [6.45, 7) is 4.35. The van der Waals surface area contributed by atoms with Crippen molar-refractivity contribution in [1.29, 1.82) is 0 Å². The predicted molar refractivity (Wildman–Crippen MR) is 66.2 cm³/mol. The Labute approximate surface area is 91.1 Å². The van der Waals surface area contributed by atoms with Crippen molar-refractivity contribution in [2.24, 2.45) is 0 Å². The second kappa shape index (κ2) is 4.03. The standard InChI is InChI=1S/C14H17N/c1-10-8-9-13(11(2)15-3)14-7-5-4-6-12(10)14/h4-9,11,15H,1-3H3/t11-/m0/s1. The average Bonchev–Trinajstić information content (AvgIpc) is 2.29. The monoisotopic (exact) mass is 199 g/mol. The lowest BCUT2D eigenvalue weighted by molar-refractivity contribution is 0.657. The Morgan fingerprint density at radius 1 is 1.00 bits per heavy atom. The quantitative estimate of drug-likeness (QED) is 0.781. The third-order valence-corrected chi connectivity index (χ3v) is 3.08. The molecule has 0 heterocycles. The molecule has 15 heavy (non-hydrogen) atoms. The van der Waals surface area contributed by atoms with Crippen LogP contribution in [0.3, 0.4) is 0 Å². The van der Waals surface area contributed by atoms with Crippen LogP contribution in [0.4, 0.5) is 0 Å². The van der Waals surface area contributed by atoms with E-state index in [2.05, 4.69) is 55.6 Å². The minimum absolute atomic E-state index is 0.399. The summed E-state index contributed by atoms with van der Waals surface area (Å²) in [7, 11) is 2.00. The minimum Gasteiger partial charge on any atom is -0.313 e. The zero-order chi connectivity index (χ0) is 10.8. The number of nitrogens with one attached hydrogen (secondary N) is 1. The number of fused-ring (bicyclic) bond motifs is 1. The molecule has 0 saturated carbocycles. The van der Waals surface area contributed by atoms with Crippen molar-refractivity contribution < 1.29 is 0 Å². The summed E-state index contributed by atoms with van der Waals surface area (Å²) in [5, 5.41) is 6.01. The third kappa shape index (κ3) is 1.75. The molecule has 1 heteroatoms. The van der Waals surface area contributed by atoms with Gasteiger partial charge in [0.1, 0.15) is 0 Å².